The zero-order valence-corrected chi connectivity index (χ0v) is 13.0. The van der Waals surface area contributed by atoms with E-state index in [-0.39, 0.29) is 0 Å². The Morgan fingerprint density at radius 3 is 2.88 bits per heavy atom. The number of thiazole rings is 1. The van der Waals surface area contributed by atoms with E-state index in [9.17, 15) is 0 Å². The van der Waals surface area contributed by atoms with Gasteiger partial charge in [-0.2, -0.15) is 0 Å². The predicted molar refractivity (Wildman–Crippen MR) is 78.7 cm³/mol. The van der Waals surface area contributed by atoms with Crippen LogP contribution in [-0.4, -0.2) is 9.73 Å². The van der Waals surface area contributed by atoms with E-state index in [2.05, 4.69) is 25.8 Å². The van der Waals surface area contributed by atoms with Crippen LogP contribution in [0.5, 0.6) is 0 Å². The Morgan fingerprint density at radius 2 is 2.12 bits per heavy atom. The van der Waals surface area contributed by atoms with Crippen molar-refractivity contribution in [3.63, 3.8) is 0 Å². The second-order valence-electron chi connectivity index (χ2n) is 6.04. The van der Waals surface area contributed by atoms with Crippen LogP contribution in [0.1, 0.15) is 50.8 Å². The normalized spacial score (nSPS) is 35.1. The van der Waals surface area contributed by atoms with E-state index in [4.69, 9.17) is 12.2 Å². The van der Waals surface area contributed by atoms with Crippen LogP contribution in [0.15, 0.2) is 5.03 Å². The molecule has 17 heavy (non-hydrogen) atoms. The number of aromatic nitrogens is 1. The molecule has 1 aliphatic carbocycles. The molecule has 1 aromatic rings. The number of rotatable bonds is 0. The summed E-state index contributed by atoms with van der Waals surface area (Å²) in [5.41, 5.74) is 0. The summed E-state index contributed by atoms with van der Waals surface area (Å²) in [7, 11) is 0. The summed E-state index contributed by atoms with van der Waals surface area (Å²) in [5.74, 6) is 2.46. The molecular formula is C13H19NS3. The lowest BCUT2D eigenvalue weighted by atomic mass is 9.69. The molecule has 0 radical (unpaired) electrons. The van der Waals surface area contributed by atoms with Crippen LogP contribution >= 0.6 is 35.3 Å². The molecule has 2 aliphatic rings. The smallest absolute Gasteiger partial charge is 0.159 e. The van der Waals surface area contributed by atoms with Crippen LogP contribution in [0.4, 0.5) is 0 Å². The van der Waals surface area contributed by atoms with Crippen molar-refractivity contribution in [2.45, 2.75) is 55.7 Å². The highest BCUT2D eigenvalue weighted by Crippen LogP contribution is 2.58. The van der Waals surface area contributed by atoms with Gasteiger partial charge >= 0.3 is 0 Å². The molecule has 1 fully saturated rings. The van der Waals surface area contributed by atoms with Crippen LogP contribution in [-0.2, 0) is 0 Å². The van der Waals surface area contributed by atoms with Gasteiger partial charge in [-0.05, 0) is 36.9 Å². The molecule has 2 heterocycles. The number of thioether (sulfide) groups is 1. The van der Waals surface area contributed by atoms with Crippen molar-refractivity contribution < 1.29 is 0 Å². The highest BCUT2D eigenvalue weighted by atomic mass is 32.2. The molecule has 0 amide bonds. The van der Waals surface area contributed by atoms with Crippen LogP contribution in [0, 0.1) is 15.8 Å². The fourth-order valence-electron chi connectivity index (χ4n) is 3.49. The van der Waals surface area contributed by atoms with Gasteiger partial charge in [0.2, 0.25) is 0 Å². The number of hydrogen-bond acceptors (Lipinski definition) is 3. The zero-order valence-electron chi connectivity index (χ0n) is 10.6. The lowest BCUT2D eigenvalue weighted by Gasteiger charge is -2.46. The molecule has 94 valence electrons. The third-order valence-corrected chi connectivity index (χ3v) is 7.20. The van der Waals surface area contributed by atoms with E-state index >= 15 is 0 Å². The standard InChI is InChI=1S/C13H19NS3/c1-7-4-5-9-8(6-7)10-11(14-12(15)16-10)17-13(9,2)3/h7-9H,4-6H2,1-3H3,(H,14,15)/t7-,8+,9+/m0/s1. The average molecular weight is 286 g/mol. The summed E-state index contributed by atoms with van der Waals surface area (Å²) in [6.07, 6.45) is 4.14. The molecule has 4 heteroatoms. The van der Waals surface area contributed by atoms with Crippen molar-refractivity contribution in [2.24, 2.45) is 11.8 Å². The van der Waals surface area contributed by atoms with Crippen LogP contribution in [0.2, 0.25) is 0 Å². The van der Waals surface area contributed by atoms with Crippen molar-refractivity contribution in [1.29, 1.82) is 0 Å². The van der Waals surface area contributed by atoms with Gasteiger partial charge < -0.3 is 4.98 Å². The molecule has 0 bridgehead atoms. The molecule has 1 nitrogen and oxygen atoms in total. The van der Waals surface area contributed by atoms with E-state index in [1.807, 2.05) is 23.1 Å². The zero-order chi connectivity index (χ0) is 12.2. The number of nitrogens with one attached hydrogen (secondary N) is 1. The summed E-state index contributed by atoms with van der Waals surface area (Å²) in [6, 6.07) is 0. The maximum absolute atomic E-state index is 5.33. The molecule has 0 aromatic carbocycles. The van der Waals surface area contributed by atoms with Crippen LogP contribution in [0.3, 0.4) is 0 Å². The Labute approximate surface area is 116 Å². The Morgan fingerprint density at radius 1 is 1.35 bits per heavy atom. The number of aromatic amines is 1. The molecule has 1 aliphatic heterocycles. The second-order valence-corrected chi connectivity index (χ2v) is 9.43. The summed E-state index contributed by atoms with van der Waals surface area (Å²) < 4.78 is 1.31. The molecule has 3 rings (SSSR count). The second kappa shape index (κ2) is 4.10. The molecule has 1 aromatic heterocycles. The van der Waals surface area contributed by atoms with E-state index in [0.29, 0.717) is 4.75 Å². The molecule has 1 saturated carbocycles. The minimum Gasteiger partial charge on any atom is -0.332 e. The third-order valence-electron chi connectivity index (χ3n) is 4.35. The number of hydrogen-bond donors (Lipinski definition) is 1. The Bertz CT molecular complexity index is 485. The maximum Gasteiger partial charge on any atom is 0.159 e. The summed E-state index contributed by atoms with van der Waals surface area (Å²) in [4.78, 5) is 4.95. The van der Waals surface area contributed by atoms with Gasteiger partial charge in [0.15, 0.2) is 3.95 Å². The van der Waals surface area contributed by atoms with Gasteiger partial charge in [-0.25, -0.2) is 0 Å². The molecule has 1 N–H and O–H groups in total. The van der Waals surface area contributed by atoms with Crippen LogP contribution < -0.4 is 0 Å². The van der Waals surface area contributed by atoms with Gasteiger partial charge in [0.25, 0.3) is 0 Å². The van der Waals surface area contributed by atoms with Gasteiger partial charge in [-0.3, -0.25) is 0 Å². The minimum absolute atomic E-state index is 0.358. The largest absolute Gasteiger partial charge is 0.332 e. The first-order chi connectivity index (χ1) is 7.97. The van der Waals surface area contributed by atoms with Gasteiger partial charge in [0, 0.05) is 15.5 Å². The first kappa shape index (κ1) is 12.2. The van der Waals surface area contributed by atoms with E-state index in [0.717, 1.165) is 21.7 Å². The van der Waals surface area contributed by atoms with E-state index < -0.39 is 0 Å². The lowest BCUT2D eigenvalue weighted by molar-refractivity contribution is 0.210. The number of fused-ring (bicyclic) bond motifs is 3. The molecule has 0 unspecified atom stereocenters. The number of H-pyrrole nitrogens is 1. The monoisotopic (exact) mass is 285 g/mol. The SMILES string of the molecule is C[C@H]1CC[C@@H]2[C@@H](C1)c1sc(=S)[nH]c1SC2(C)C. The Hall–Kier alpha value is 0.200. The molecule has 0 saturated heterocycles. The van der Waals surface area contributed by atoms with Gasteiger partial charge in [0.1, 0.15) is 0 Å². The Balaban J connectivity index is 2.07. The van der Waals surface area contributed by atoms with E-state index in [1.54, 1.807) is 4.88 Å². The van der Waals surface area contributed by atoms with Crippen molar-refractivity contribution >= 4 is 35.3 Å². The molecular weight excluding hydrogens is 266 g/mol. The van der Waals surface area contributed by atoms with Crippen molar-refractivity contribution in [3.8, 4) is 0 Å². The fourth-order valence-corrected chi connectivity index (χ4v) is 6.51. The lowest BCUT2D eigenvalue weighted by Crippen LogP contribution is -2.39. The summed E-state index contributed by atoms with van der Waals surface area (Å²) in [5, 5.41) is 1.36. The minimum atomic E-state index is 0.358. The maximum atomic E-state index is 5.33. The quantitative estimate of drug-likeness (QED) is 0.658. The predicted octanol–water partition coefficient (Wildman–Crippen LogP) is 5.21. The average Bonchev–Trinajstić information content (AvgIpc) is 2.57. The highest BCUT2D eigenvalue weighted by Gasteiger charge is 2.45. The van der Waals surface area contributed by atoms with Crippen LogP contribution in [0.25, 0.3) is 0 Å². The van der Waals surface area contributed by atoms with Crippen molar-refractivity contribution in [1.82, 2.24) is 4.98 Å². The summed E-state index contributed by atoms with van der Waals surface area (Å²) in [6.45, 7) is 7.21. The fraction of sp³-hybridized carbons (Fsp3) is 0.769. The summed E-state index contributed by atoms with van der Waals surface area (Å²) >= 11 is 9.16. The van der Waals surface area contributed by atoms with Gasteiger partial charge in [-0.1, -0.05) is 27.2 Å². The first-order valence-electron chi connectivity index (χ1n) is 6.39. The Kier molecular flexibility index (Phi) is 2.96. The third kappa shape index (κ3) is 2.02. The van der Waals surface area contributed by atoms with Gasteiger partial charge in [0.05, 0.1) is 5.03 Å². The molecule has 0 spiro atoms. The highest BCUT2D eigenvalue weighted by molar-refractivity contribution is 8.00. The van der Waals surface area contributed by atoms with Crippen molar-refractivity contribution in [3.05, 3.63) is 8.83 Å². The van der Waals surface area contributed by atoms with Gasteiger partial charge in [-0.15, -0.1) is 23.1 Å². The van der Waals surface area contributed by atoms with E-state index in [1.165, 1.54) is 24.3 Å². The molecule has 3 atom stereocenters. The topological polar surface area (TPSA) is 15.8 Å². The van der Waals surface area contributed by atoms with Crippen molar-refractivity contribution in [2.75, 3.05) is 0 Å². The first-order valence-corrected chi connectivity index (χ1v) is 8.43.